The van der Waals surface area contributed by atoms with Gasteiger partial charge in [-0.3, -0.25) is 0 Å². The molecule has 0 aromatic rings. The highest BCUT2D eigenvalue weighted by molar-refractivity contribution is 8.63. The van der Waals surface area contributed by atoms with Gasteiger partial charge in [0, 0.05) is 0 Å². The fraction of sp³-hybridized carbons (Fsp3) is 0.500. The Morgan fingerprint density at radius 3 is 2.30 bits per heavy atom. The summed E-state index contributed by atoms with van der Waals surface area (Å²) < 4.78 is 0. The standard InChI is InChI=1S/C4H8B2ClNS2/c1-8(2)5(7)6-9-3-4-10-6/h3-4H,1-2H3. The molecule has 0 aromatic carbocycles. The largest absolute Gasteiger partial charge is 0.338 e. The van der Waals surface area contributed by atoms with E-state index in [1.54, 1.807) is 23.2 Å². The Balaban J connectivity index is 2.34. The molecule has 0 atom stereocenters. The molecule has 0 N–H and O–H groups in total. The van der Waals surface area contributed by atoms with Crippen molar-refractivity contribution in [2.45, 2.75) is 0 Å². The molecule has 54 valence electrons. The monoisotopic (exact) mass is 191 g/mol. The second kappa shape index (κ2) is 4.00. The van der Waals surface area contributed by atoms with Crippen LogP contribution in [0, 0.1) is 0 Å². The van der Waals surface area contributed by atoms with Gasteiger partial charge in [0.2, 0.25) is 0 Å². The summed E-state index contributed by atoms with van der Waals surface area (Å²) in [5.74, 6) is 0. The summed E-state index contributed by atoms with van der Waals surface area (Å²) in [6, 6.07) is 0. The van der Waals surface area contributed by atoms with E-state index in [0.29, 0.717) is 5.16 Å². The summed E-state index contributed by atoms with van der Waals surface area (Å²) in [4.78, 5) is 2.03. The van der Waals surface area contributed by atoms with Gasteiger partial charge in [-0.2, -0.15) is 34.7 Å². The summed E-state index contributed by atoms with van der Waals surface area (Å²) in [6.07, 6.45) is 0.130. The van der Waals surface area contributed by atoms with Crippen LogP contribution in [0.1, 0.15) is 0 Å². The summed E-state index contributed by atoms with van der Waals surface area (Å²) in [7, 11) is 3.99. The lowest BCUT2D eigenvalue weighted by molar-refractivity contribution is 0.667. The highest BCUT2D eigenvalue weighted by Crippen LogP contribution is 2.32. The summed E-state index contributed by atoms with van der Waals surface area (Å²) in [5.41, 5.74) is 0. The van der Waals surface area contributed by atoms with E-state index in [1.165, 1.54) is 0 Å². The van der Waals surface area contributed by atoms with Gasteiger partial charge >= 0.3 is 6.15 Å². The van der Waals surface area contributed by atoms with Gasteiger partial charge in [-0.15, -0.1) is 0 Å². The van der Waals surface area contributed by atoms with Crippen LogP contribution in [0.3, 0.4) is 0 Å². The second-order valence-corrected chi connectivity index (χ2v) is 5.10. The van der Waals surface area contributed by atoms with Crippen LogP contribution in [0.2, 0.25) is 0 Å². The molecule has 0 saturated carbocycles. The molecule has 6 heteroatoms. The van der Waals surface area contributed by atoms with E-state index in [2.05, 4.69) is 10.8 Å². The average molecular weight is 191 g/mol. The number of halogens is 1. The maximum absolute atomic E-state index is 6.07. The molecule has 0 saturated heterocycles. The van der Waals surface area contributed by atoms with Crippen LogP contribution >= 0.6 is 34.7 Å². The zero-order chi connectivity index (χ0) is 7.56. The van der Waals surface area contributed by atoms with Crippen molar-refractivity contribution >= 4 is 46.0 Å². The topological polar surface area (TPSA) is 3.24 Å². The van der Waals surface area contributed by atoms with Crippen LogP contribution in [0.15, 0.2) is 10.8 Å². The fourth-order valence-corrected chi connectivity index (χ4v) is 3.19. The summed E-state index contributed by atoms with van der Waals surface area (Å²) in [6.45, 7) is 0. The van der Waals surface area contributed by atoms with E-state index in [-0.39, 0.29) is 6.15 Å². The maximum atomic E-state index is 6.07. The molecule has 1 heterocycles. The van der Waals surface area contributed by atoms with Gasteiger partial charge in [-0.1, -0.05) is 0 Å². The van der Waals surface area contributed by atoms with Crippen molar-refractivity contribution in [2.24, 2.45) is 0 Å². The van der Waals surface area contributed by atoms with E-state index in [4.69, 9.17) is 11.5 Å². The molecule has 0 fully saturated rings. The van der Waals surface area contributed by atoms with Crippen molar-refractivity contribution in [1.29, 1.82) is 0 Å². The molecule has 1 rings (SSSR count). The third-order valence-electron chi connectivity index (χ3n) is 1.20. The summed E-state index contributed by atoms with van der Waals surface area (Å²) in [5, 5.41) is 4.65. The molecule has 0 spiro atoms. The molecule has 1 nitrogen and oxygen atoms in total. The third-order valence-corrected chi connectivity index (χ3v) is 4.62. The van der Waals surface area contributed by atoms with Gasteiger partial charge in [0.1, 0.15) is 0 Å². The predicted octanol–water partition coefficient (Wildman–Crippen LogP) is 1.79. The normalized spacial score (nSPS) is 17.0. The first kappa shape index (κ1) is 8.91. The average Bonchev–Trinajstić information content (AvgIpc) is 2.36. The molecular formula is C4H8B2ClNS2. The minimum absolute atomic E-state index is 0.130. The predicted molar refractivity (Wildman–Crippen MR) is 55.4 cm³/mol. The van der Waals surface area contributed by atoms with Crippen molar-refractivity contribution in [1.82, 2.24) is 4.81 Å². The van der Waals surface area contributed by atoms with Crippen LogP contribution in [0.25, 0.3) is 0 Å². The zero-order valence-corrected chi connectivity index (χ0v) is 8.34. The minimum atomic E-state index is 0.130. The van der Waals surface area contributed by atoms with Crippen LogP contribution in [0.4, 0.5) is 0 Å². The van der Waals surface area contributed by atoms with Gasteiger partial charge in [-0.25, -0.2) is 0 Å². The molecule has 0 radical (unpaired) electrons. The van der Waals surface area contributed by atoms with Crippen molar-refractivity contribution in [3.05, 3.63) is 10.8 Å². The highest BCUT2D eigenvalue weighted by atomic mass is 35.5. The van der Waals surface area contributed by atoms with E-state index in [9.17, 15) is 0 Å². The molecule has 0 aromatic heterocycles. The Morgan fingerprint density at radius 2 is 1.90 bits per heavy atom. The van der Waals surface area contributed by atoms with Gasteiger partial charge in [0.15, 0.2) is 0 Å². The third kappa shape index (κ3) is 2.16. The molecule has 0 unspecified atom stereocenters. The van der Waals surface area contributed by atoms with E-state index in [1.807, 2.05) is 18.9 Å². The van der Waals surface area contributed by atoms with Crippen LogP contribution in [-0.4, -0.2) is 30.2 Å². The number of hydrogen-bond donors (Lipinski definition) is 0. The van der Waals surface area contributed by atoms with Crippen LogP contribution in [0.5, 0.6) is 0 Å². The van der Waals surface area contributed by atoms with Crippen molar-refractivity contribution in [3.8, 4) is 0 Å². The van der Waals surface area contributed by atoms with Crippen molar-refractivity contribution in [3.63, 3.8) is 0 Å². The Hall–Kier alpha value is 0.820. The molecule has 0 aliphatic carbocycles. The van der Waals surface area contributed by atoms with E-state index >= 15 is 0 Å². The molecule has 10 heavy (non-hydrogen) atoms. The quantitative estimate of drug-likeness (QED) is 0.613. The van der Waals surface area contributed by atoms with E-state index < -0.39 is 0 Å². The van der Waals surface area contributed by atoms with Gasteiger partial charge in [-0.05, 0) is 24.9 Å². The first-order chi connectivity index (χ1) is 4.72. The SMILES string of the molecule is CN(C)B(Cl)B1SC=CS1. The number of hydrogen-bond acceptors (Lipinski definition) is 3. The first-order valence-corrected chi connectivity index (χ1v) is 5.30. The van der Waals surface area contributed by atoms with Crippen LogP contribution in [-0.2, 0) is 0 Å². The lowest BCUT2D eigenvalue weighted by Gasteiger charge is -2.15. The fourth-order valence-electron chi connectivity index (χ4n) is 0.624. The number of nitrogens with zero attached hydrogens (tertiary/aromatic N) is 1. The van der Waals surface area contributed by atoms with Crippen molar-refractivity contribution in [2.75, 3.05) is 14.1 Å². The van der Waals surface area contributed by atoms with Gasteiger partial charge in [0.05, 0.1) is 0 Å². The lowest BCUT2D eigenvalue weighted by Crippen LogP contribution is -2.38. The first-order valence-electron chi connectivity index (χ1n) is 2.98. The lowest BCUT2D eigenvalue weighted by atomic mass is 9.60. The summed E-state index contributed by atoms with van der Waals surface area (Å²) >= 11 is 9.64. The minimum Gasteiger partial charge on any atom is -0.338 e. The molecule has 1 aliphatic rings. The molecule has 0 bridgehead atoms. The molecular weight excluding hydrogens is 183 g/mol. The zero-order valence-electron chi connectivity index (χ0n) is 5.95. The Kier molecular flexibility index (Phi) is 3.56. The Labute approximate surface area is 75.8 Å². The molecule has 1 aliphatic heterocycles. The second-order valence-electron chi connectivity index (χ2n) is 2.25. The highest BCUT2D eigenvalue weighted by Gasteiger charge is 2.32. The number of rotatable bonds is 2. The Morgan fingerprint density at radius 1 is 1.40 bits per heavy atom. The van der Waals surface area contributed by atoms with Gasteiger partial charge in [0.25, 0.3) is 5.16 Å². The van der Waals surface area contributed by atoms with E-state index in [0.717, 1.165) is 0 Å². The Bertz CT molecular complexity index is 135. The van der Waals surface area contributed by atoms with Gasteiger partial charge < -0.3 is 4.81 Å². The van der Waals surface area contributed by atoms with Crippen LogP contribution < -0.4 is 0 Å². The molecule has 0 amide bonds. The maximum Gasteiger partial charge on any atom is 0.322 e. The van der Waals surface area contributed by atoms with Crippen molar-refractivity contribution < 1.29 is 0 Å². The smallest absolute Gasteiger partial charge is 0.322 e.